The zero-order valence-corrected chi connectivity index (χ0v) is 11.8. The molecule has 0 unspecified atom stereocenters. The largest absolute Gasteiger partial charge is 0.480 e. The second-order valence-corrected chi connectivity index (χ2v) is 4.42. The van der Waals surface area contributed by atoms with Gasteiger partial charge < -0.3 is 10.1 Å². The molecule has 0 saturated heterocycles. The molecule has 1 heterocycles. The van der Waals surface area contributed by atoms with Gasteiger partial charge in [-0.2, -0.15) is 0 Å². The number of hydrogen-bond acceptors (Lipinski definition) is 7. The monoisotopic (exact) mass is 292 g/mol. The molecule has 0 fully saturated rings. The molecule has 2 rings (SSSR count). The van der Waals surface area contributed by atoms with Gasteiger partial charge in [-0.1, -0.05) is 23.3 Å². The molecule has 0 saturated carbocycles. The van der Waals surface area contributed by atoms with Crippen molar-refractivity contribution in [2.75, 3.05) is 6.54 Å². The molecule has 2 aromatic rings. The molecule has 0 bridgehead atoms. The van der Waals surface area contributed by atoms with Crippen LogP contribution >= 0.6 is 0 Å². The quantitative estimate of drug-likeness (QED) is 0.614. The Morgan fingerprint density at radius 3 is 2.86 bits per heavy atom. The third-order valence-electron chi connectivity index (χ3n) is 2.91. The van der Waals surface area contributed by atoms with Crippen molar-refractivity contribution in [2.24, 2.45) is 0 Å². The van der Waals surface area contributed by atoms with E-state index < -0.39 is 4.92 Å². The van der Waals surface area contributed by atoms with Crippen molar-refractivity contribution < 1.29 is 14.3 Å². The van der Waals surface area contributed by atoms with Crippen molar-refractivity contribution in [3.63, 3.8) is 0 Å². The molecule has 1 aromatic carbocycles. The highest BCUT2D eigenvalue weighted by atomic mass is 16.6. The second kappa shape index (κ2) is 6.80. The highest BCUT2D eigenvalue weighted by Crippen LogP contribution is 2.28. The first kappa shape index (κ1) is 14.9. The Hall–Kier alpha value is -2.48. The van der Waals surface area contributed by atoms with Crippen molar-refractivity contribution in [2.45, 2.75) is 27.0 Å². The minimum atomic E-state index is -0.472. The molecular formula is C13H16N4O4. The maximum atomic E-state index is 11.0. The molecule has 8 heteroatoms. The number of benzene rings is 1. The van der Waals surface area contributed by atoms with E-state index in [-0.39, 0.29) is 18.0 Å². The third kappa shape index (κ3) is 3.76. The van der Waals surface area contributed by atoms with E-state index in [1.807, 2.05) is 6.92 Å². The summed E-state index contributed by atoms with van der Waals surface area (Å²) in [6, 6.07) is 4.80. The third-order valence-corrected chi connectivity index (χ3v) is 2.91. The molecule has 0 aliphatic carbocycles. The van der Waals surface area contributed by atoms with Crippen molar-refractivity contribution in [3.05, 3.63) is 45.3 Å². The van der Waals surface area contributed by atoms with Crippen LogP contribution in [0.15, 0.2) is 22.8 Å². The SMILES string of the molecule is CCNCc1ccc([N+](=O)[O-])c(OCc2nonc2C)c1. The van der Waals surface area contributed by atoms with Crippen molar-refractivity contribution in [1.82, 2.24) is 15.6 Å². The van der Waals surface area contributed by atoms with Gasteiger partial charge in [0.1, 0.15) is 18.0 Å². The molecule has 0 spiro atoms. The Morgan fingerprint density at radius 1 is 1.43 bits per heavy atom. The molecule has 1 aromatic heterocycles. The molecular weight excluding hydrogens is 276 g/mol. The highest BCUT2D eigenvalue weighted by Gasteiger charge is 2.17. The number of aromatic nitrogens is 2. The van der Waals surface area contributed by atoms with Crippen LogP contribution in [0.5, 0.6) is 5.75 Å². The number of aryl methyl sites for hydroxylation is 1. The van der Waals surface area contributed by atoms with Gasteiger partial charge in [-0.25, -0.2) is 4.63 Å². The van der Waals surface area contributed by atoms with Gasteiger partial charge >= 0.3 is 5.69 Å². The van der Waals surface area contributed by atoms with E-state index in [9.17, 15) is 10.1 Å². The van der Waals surface area contributed by atoms with Gasteiger partial charge in [-0.3, -0.25) is 10.1 Å². The Morgan fingerprint density at radius 2 is 2.24 bits per heavy atom. The number of rotatable bonds is 7. The van der Waals surface area contributed by atoms with Crippen molar-refractivity contribution in [3.8, 4) is 5.75 Å². The van der Waals surface area contributed by atoms with Gasteiger partial charge in [-0.05, 0) is 25.1 Å². The van der Waals surface area contributed by atoms with E-state index in [2.05, 4.69) is 20.3 Å². The van der Waals surface area contributed by atoms with Crippen LogP contribution in [-0.2, 0) is 13.2 Å². The van der Waals surface area contributed by atoms with E-state index in [1.165, 1.54) is 6.07 Å². The number of nitrogens with zero attached hydrogens (tertiary/aromatic N) is 3. The zero-order chi connectivity index (χ0) is 15.2. The van der Waals surface area contributed by atoms with Gasteiger partial charge in [0.25, 0.3) is 0 Å². The summed E-state index contributed by atoms with van der Waals surface area (Å²) in [5.41, 5.74) is 1.94. The number of nitro groups is 1. The Labute approximate surface area is 121 Å². The molecule has 1 N–H and O–H groups in total. The lowest BCUT2D eigenvalue weighted by atomic mass is 10.2. The molecule has 112 valence electrons. The first-order valence-corrected chi connectivity index (χ1v) is 6.50. The summed E-state index contributed by atoms with van der Waals surface area (Å²) in [6.07, 6.45) is 0. The number of nitrogens with one attached hydrogen (secondary N) is 1. The van der Waals surface area contributed by atoms with E-state index in [1.54, 1.807) is 19.1 Å². The summed E-state index contributed by atoms with van der Waals surface area (Å²) in [7, 11) is 0. The van der Waals surface area contributed by atoms with Crippen molar-refractivity contribution in [1.29, 1.82) is 0 Å². The van der Waals surface area contributed by atoms with Crippen molar-refractivity contribution >= 4 is 5.69 Å². The minimum Gasteiger partial charge on any atom is -0.480 e. The summed E-state index contributed by atoms with van der Waals surface area (Å²) in [5, 5.41) is 21.5. The predicted molar refractivity (Wildman–Crippen MR) is 73.8 cm³/mol. The summed E-state index contributed by atoms with van der Waals surface area (Å²) in [4.78, 5) is 10.6. The number of hydrogen-bond donors (Lipinski definition) is 1. The van der Waals surface area contributed by atoms with Crippen LogP contribution in [0.2, 0.25) is 0 Å². The lowest BCUT2D eigenvalue weighted by Crippen LogP contribution is -2.12. The first-order valence-electron chi connectivity index (χ1n) is 6.50. The van der Waals surface area contributed by atoms with Crippen LogP contribution in [0.3, 0.4) is 0 Å². The number of ether oxygens (including phenoxy) is 1. The number of nitro benzene ring substituents is 1. The predicted octanol–water partition coefficient (Wildman–Crippen LogP) is 1.97. The average Bonchev–Trinajstić information content (AvgIpc) is 2.88. The Balaban J connectivity index is 2.17. The van der Waals surface area contributed by atoms with E-state index in [0.29, 0.717) is 17.9 Å². The van der Waals surface area contributed by atoms with E-state index in [4.69, 9.17) is 4.74 Å². The molecule has 8 nitrogen and oxygen atoms in total. The summed E-state index contributed by atoms with van der Waals surface area (Å²) >= 11 is 0. The molecule has 0 aliphatic rings. The van der Waals surface area contributed by atoms with Gasteiger partial charge in [0.05, 0.1) is 4.92 Å². The second-order valence-electron chi connectivity index (χ2n) is 4.42. The average molecular weight is 292 g/mol. The van der Waals surface area contributed by atoms with Crippen LogP contribution < -0.4 is 10.1 Å². The zero-order valence-electron chi connectivity index (χ0n) is 11.8. The molecule has 21 heavy (non-hydrogen) atoms. The standard InChI is InChI=1S/C13H16N4O4/c1-3-14-7-10-4-5-12(17(18)19)13(6-10)20-8-11-9(2)15-21-16-11/h4-6,14H,3,7-8H2,1-2H3. The molecule has 0 amide bonds. The van der Waals surface area contributed by atoms with E-state index in [0.717, 1.165) is 12.1 Å². The van der Waals surface area contributed by atoms with Crippen LogP contribution in [0, 0.1) is 17.0 Å². The molecule has 0 radical (unpaired) electrons. The first-order chi connectivity index (χ1) is 10.1. The maximum absolute atomic E-state index is 11.0. The fraction of sp³-hybridized carbons (Fsp3) is 0.385. The highest BCUT2D eigenvalue weighted by molar-refractivity contribution is 5.48. The van der Waals surface area contributed by atoms with Crippen LogP contribution in [0.25, 0.3) is 0 Å². The lowest BCUT2D eigenvalue weighted by molar-refractivity contribution is -0.386. The normalized spacial score (nSPS) is 10.6. The fourth-order valence-corrected chi connectivity index (χ4v) is 1.73. The summed E-state index contributed by atoms with van der Waals surface area (Å²) in [6.45, 7) is 5.22. The van der Waals surface area contributed by atoms with E-state index >= 15 is 0 Å². The van der Waals surface area contributed by atoms with Crippen LogP contribution in [-0.4, -0.2) is 21.8 Å². The van der Waals surface area contributed by atoms with Crippen LogP contribution in [0.4, 0.5) is 5.69 Å². The van der Waals surface area contributed by atoms with Gasteiger partial charge in [0.15, 0.2) is 5.75 Å². The lowest BCUT2D eigenvalue weighted by Gasteiger charge is -2.08. The van der Waals surface area contributed by atoms with Gasteiger partial charge in [0.2, 0.25) is 0 Å². The Kier molecular flexibility index (Phi) is 4.83. The van der Waals surface area contributed by atoms with Gasteiger partial charge in [0, 0.05) is 12.6 Å². The molecule has 0 atom stereocenters. The smallest absolute Gasteiger partial charge is 0.310 e. The summed E-state index contributed by atoms with van der Waals surface area (Å²) < 4.78 is 10.1. The van der Waals surface area contributed by atoms with Crippen LogP contribution in [0.1, 0.15) is 23.9 Å². The Bertz CT molecular complexity index is 626. The summed E-state index contributed by atoms with van der Waals surface area (Å²) in [5.74, 6) is 0.206. The van der Waals surface area contributed by atoms with Gasteiger partial charge in [-0.15, -0.1) is 0 Å². The topological polar surface area (TPSA) is 103 Å². The molecule has 0 aliphatic heterocycles. The minimum absolute atomic E-state index is 0.0703. The fourth-order valence-electron chi connectivity index (χ4n) is 1.73. The maximum Gasteiger partial charge on any atom is 0.310 e.